The number of thiazole rings is 1. The molecular weight excluding hydrogens is 378 g/mol. The van der Waals surface area contributed by atoms with Crippen molar-refractivity contribution in [1.82, 2.24) is 4.98 Å². The fraction of sp³-hybridized carbons (Fsp3) is 0. The van der Waals surface area contributed by atoms with Crippen molar-refractivity contribution in [2.45, 2.75) is 0 Å². The Bertz CT molecular complexity index is 1330. The first-order valence-corrected chi connectivity index (χ1v) is 9.49. The van der Waals surface area contributed by atoms with Gasteiger partial charge in [-0.3, -0.25) is 9.59 Å². The monoisotopic (exact) mass is 391 g/mol. The van der Waals surface area contributed by atoms with Crippen molar-refractivity contribution < 1.29 is 4.79 Å². The van der Waals surface area contributed by atoms with Crippen LogP contribution in [-0.2, 0) is 0 Å². The molecule has 0 radical (unpaired) electrons. The number of carbonyl (C=O) groups excluding carboxylic acids is 1. The molecule has 1 N–H and O–H groups in total. The van der Waals surface area contributed by atoms with Crippen LogP contribution in [0.3, 0.4) is 0 Å². The Morgan fingerprint density at radius 3 is 2.59 bits per heavy atom. The first-order valence-electron chi connectivity index (χ1n) is 8.30. The van der Waals surface area contributed by atoms with Gasteiger partial charge in [0.25, 0.3) is 5.56 Å². The van der Waals surface area contributed by atoms with Crippen molar-refractivity contribution in [3.8, 4) is 0 Å². The molecule has 3 nitrogen and oxygen atoms in total. The van der Waals surface area contributed by atoms with Crippen LogP contribution in [0.2, 0.25) is 5.02 Å². The lowest BCUT2D eigenvalue weighted by molar-refractivity contribution is 0.106. The van der Waals surface area contributed by atoms with E-state index in [-0.39, 0.29) is 11.3 Å². The first kappa shape index (κ1) is 17.5. The molecule has 0 aliphatic carbocycles. The number of halogens is 1. The molecule has 0 saturated carbocycles. The minimum absolute atomic E-state index is 0.202. The second-order valence-corrected chi connectivity index (χ2v) is 7.57. The maximum Gasteiger partial charge on any atom is 0.266 e. The summed E-state index contributed by atoms with van der Waals surface area (Å²) in [6, 6.07) is 20.8. The highest BCUT2D eigenvalue weighted by atomic mass is 35.5. The van der Waals surface area contributed by atoms with Crippen LogP contribution in [0.1, 0.15) is 15.9 Å². The smallest absolute Gasteiger partial charge is 0.266 e. The van der Waals surface area contributed by atoms with E-state index in [2.05, 4.69) is 4.98 Å². The summed E-state index contributed by atoms with van der Waals surface area (Å²) in [5, 5.41) is 2.76. The molecule has 4 aromatic rings. The topological polar surface area (TPSA) is 49.9 Å². The van der Waals surface area contributed by atoms with Gasteiger partial charge in [-0.25, -0.2) is 0 Å². The van der Waals surface area contributed by atoms with Gasteiger partial charge < -0.3 is 4.98 Å². The second kappa shape index (κ2) is 7.35. The number of ketones is 1. The molecule has 5 heteroatoms. The molecule has 4 rings (SSSR count). The minimum atomic E-state index is -0.210. The summed E-state index contributed by atoms with van der Waals surface area (Å²) >= 11 is 7.18. The molecule has 0 bridgehead atoms. The van der Waals surface area contributed by atoms with Crippen LogP contribution in [0.5, 0.6) is 0 Å². The Hall–Kier alpha value is -2.95. The van der Waals surface area contributed by atoms with Crippen LogP contribution < -0.4 is 14.8 Å². The Kier molecular flexibility index (Phi) is 4.75. The van der Waals surface area contributed by atoms with Crippen molar-refractivity contribution in [3.63, 3.8) is 0 Å². The summed E-state index contributed by atoms with van der Waals surface area (Å²) < 4.78 is 1.06. The number of Topliss-reactive ketones (excluding diaryl/α,β-unsaturated/α-hetero) is 1. The molecule has 27 heavy (non-hydrogen) atoms. The maximum atomic E-state index is 12.4. The zero-order valence-corrected chi connectivity index (χ0v) is 15.7. The number of hydrogen-bond acceptors (Lipinski definition) is 3. The summed E-state index contributed by atoms with van der Waals surface area (Å²) in [6.07, 6.45) is 3.26. The normalized spacial score (nSPS) is 12.6. The molecule has 0 spiro atoms. The van der Waals surface area contributed by atoms with E-state index in [0.29, 0.717) is 19.8 Å². The van der Waals surface area contributed by atoms with Gasteiger partial charge in [0.05, 0.1) is 9.20 Å². The van der Waals surface area contributed by atoms with E-state index in [1.54, 1.807) is 24.3 Å². The molecule has 1 aromatic heterocycles. The van der Waals surface area contributed by atoms with Crippen molar-refractivity contribution in [3.05, 3.63) is 102 Å². The first-order chi connectivity index (χ1) is 13.1. The van der Waals surface area contributed by atoms with Crippen molar-refractivity contribution in [1.29, 1.82) is 0 Å². The number of rotatable bonds is 3. The van der Waals surface area contributed by atoms with Gasteiger partial charge in [0.2, 0.25) is 0 Å². The predicted molar refractivity (Wildman–Crippen MR) is 112 cm³/mol. The molecule has 0 aliphatic heterocycles. The van der Waals surface area contributed by atoms with Gasteiger partial charge >= 0.3 is 0 Å². The van der Waals surface area contributed by atoms with E-state index < -0.39 is 0 Å². The fourth-order valence-corrected chi connectivity index (χ4v) is 3.89. The molecule has 0 aliphatic rings. The number of hydrogen-bond donors (Lipinski definition) is 1. The molecule has 0 saturated heterocycles. The highest BCUT2D eigenvalue weighted by molar-refractivity contribution is 7.07. The zero-order valence-electron chi connectivity index (χ0n) is 14.1. The van der Waals surface area contributed by atoms with Crippen molar-refractivity contribution in [2.24, 2.45) is 0 Å². The number of aromatic nitrogens is 1. The Labute approximate surface area is 163 Å². The van der Waals surface area contributed by atoms with E-state index in [1.807, 2.05) is 48.5 Å². The van der Waals surface area contributed by atoms with Crippen LogP contribution in [0.15, 0.2) is 71.5 Å². The fourth-order valence-electron chi connectivity index (χ4n) is 2.82. The molecule has 0 fully saturated rings. The number of nitrogens with one attached hydrogen (secondary N) is 1. The van der Waals surface area contributed by atoms with Gasteiger partial charge in [0.15, 0.2) is 5.78 Å². The largest absolute Gasteiger partial charge is 0.313 e. The van der Waals surface area contributed by atoms with Crippen LogP contribution in [-0.4, -0.2) is 10.8 Å². The Morgan fingerprint density at radius 1 is 0.963 bits per heavy atom. The number of carbonyl (C=O) groups is 1. The van der Waals surface area contributed by atoms with Gasteiger partial charge in [-0.2, -0.15) is 0 Å². The lowest BCUT2D eigenvalue weighted by atomic mass is 10.1. The summed E-state index contributed by atoms with van der Waals surface area (Å²) in [7, 11) is 0. The number of aromatic amines is 1. The molecular formula is C22H14ClNO2S. The lowest BCUT2D eigenvalue weighted by Crippen LogP contribution is -2.20. The lowest BCUT2D eigenvalue weighted by Gasteiger charge is -1.98. The van der Waals surface area contributed by atoms with E-state index >= 15 is 0 Å². The molecule has 0 unspecified atom stereocenters. The quantitative estimate of drug-likeness (QED) is 0.541. The number of H-pyrrole nitrogens is 1. The summed E-state index contributed by atoms with van der Waals surface area (Å²) in [5.74, 6) is -0.202. The SMILES string of the molecule is O=C(/C=c1\[nH]c(=O)/c(=C\c2ccc3ccccc3c2)s1)c1cccc(Cl)c1. The van der Waals surface area contributed by atoms with Crippen LogP contribution in [0.25, 0.3) is 22.9 Å². The van der Waals surface area contributed by atoms with Crippen molar-refractivity contribution in [2.75, 3.05) is 0 Å². The van der Waals surface area contributed by atoms with Gasteiger partial charge in [-0.15, -0.1) is 11.3 Å². The number of benzene rings is 3. The predicted octanol–water partition coefficient (Wildman–Crippen LogP) is 3.74. The average molecular weight is 392 g/mol. The Balaban J connectivity index is 1.73. The van der Waals surface area contributed by atoms with Gasteiger partial charge in [-0.1, -0.05) is 60.1 Å². The van der Waals surface area contributed by atoms with E-state index in [1.165, 1.54) is 17.4 Å². The molecule has 1 heterocycles. The van der Waals surface area contributed by atoms with Gasteiger partial charge in [0.1, 0.15) is 0 Å². The van der Waals surface area contributed by atoms with E-state index in [9.17, 15) is 9.59 Å². The zero-order chi connectivity index (χ0) is 18.8. The van der Waals surface area contributed by atoms with Crippen LogP contribution in [0.4, 0.5) is 0 Å². The average Bonchev–Trinajstić information content (AvgIpc) is 3.00. The maximum absolute atomic E-state index is 12.4. The molecule has 132 valence electrons. The third kappa shape index (κ3) is 3.92. The van der Waals surface area contributed by atoms with Crippen LogP contribution in [0, 0.1) is 0 Å². The Morgan fingerprint density at radius 2 is 1.78 bits per heavy atom. The minimum Gasteiger partial charge on any atom is -0.313 e. The third-order valence-corrected chi connectivity index (χ3v) is 5.32. The summed E-state index contributed by atoms with van der Waals surface area (Å²) in [4.78, 5) is 27.3. The third-order valence-electron chi connectivity index (χ3n) is 4.12. The standard InChI is InChI=1S/C22H14ClNO2S/c23-18-7-3-6-17(12-18)19(25)13-21-24-22(26)20(27-21)11-14-8-9-15-4-1-2-5-16(15)10-14/h1-13H,(H,24,26)/b20-11+,21-13+. The van der Waals surface area contributed by atoms with Gasteiger partial charge in [0, 0.05) is 16.7 Å². The van der Waals surface area contributed by atoms with Crippen LogP contribution >= 0.6 is 22.9 Å². The number of fused-ring (bicyclic) bond motifs is 1. The molecule has 3 aromatic carbocycles. The molecule has 0 amide bonds. The van der Waals surface area contributed by atoms with Crippen molar-refractivity contribution >= 4 is 51.6 Å². The summed E-state index contributed by atoms with van der Waals surface area (Å²) in [5.41, 5.74) is 1.21. The van der Waals surface area contributed by atoms with E-state index in [4.69, 9.17) is 11.6 Å². The molecule has 0 atom stereocenters. The highest BCUT2D eigenvalue weighted by Gasteiger charge is 2.04. The second-order valence-electron chi connectivity index (χ2n) is 6.05. The summed E-state index contributed by atoms with van der Waals surface area (Å²) in [6.45, 7) is 0. The van der Waals surface area contributed by atoms with Gasteiger partial charge in [-0.05, 0) is 40.6 Å². The van der Waals surface area contributed by atoms with E-state index in [0.717, 1.165) is 16.3 Å². The highest BCUT2D eigenvalue weighted by Crippen LogP contribution is 2.16.